The van der Waals surface area contributed by atoms with Gasteiger partial charge in [0.15, 0.2) is 0 Å². The number of aryl methyl sites for hydroxylation is 2. The molecule has 1 aromatic rings. The highest BCUT2D eigenvalue weighted by Gasteiger charge is 2.20. The van der Waals surface area contributed by atoms with E-state index in [1.165, 1.54) is 42.4 Å². The van der Waals surface area contributed by atoms with Crippen molar-refractivity contribution in [2.75, 3.05) is 5.75 Å². The average Bonchev–Trinajstić information content (AvgIpc) is 2.39. The number of nitrogens with two attached hydrogens (primary N) is 1. The Bertz CT molecular complexity index is 416. The lowest BCUT2D eigenvalue weighted by Gasteiger charge is -2.27. The molecule has 19 heavy (non-hydrogen) atoms. The van der Waals surface area contributed by atoms with Crippen molar-refractivity contribution >= 4 is 11.8 Å². The molecule has 0 aliphatic heterocycles. The largest absolute Gasteiger partial charge is 0.323 e. The molecule has 1 aromatic carbocycles. The molecule has 3 unspecified atom stereocenters. The number of hydrogen-bond donors (Lipinski definition) is 1. The van der Waals surface area contributed by atoms with Gasteiger partial charge in [-0.2, -0.15) is 11.8 Å². The molecule has 3 atom stereocenters. The van der Waals surface area contributed by atoms with Crippen molar-refractivity contribution in [2.24, 2.45) is 11.7 Å². The van der Waals surface area contributed by atoms with Gasteiger partial charge in [-0.3, -0.25) is 0 Å². The van der Waals surface area contributed by atoms with E-state index in [1.807, 2.05) is 0 Å². The third-order valence-corrected chi connectivity index (χ3v) is 5.81. The molecule has 0 spiro atoms. The SMILES string of the molecule is Cc1ccc(C(N)CSC2CCCC(C)C2)cc1C. The van der Waals surface area contributed by atoms with E-state index in [0.717, 1.165) is 16.9 Å². The van der Waals surface area contributed by atoms with Crippen LogP contribution < -0.4 is 5.73 Å². The number of thioether (sulfide) groups is 1. The molecule has 1 aliphatic carbocycles. The summed E-state index contributed by atoms with van der Waals surface area (Å²) in [6.45, 7) is 6.71. The summed E-state index contributed by atoms with van der Waals surface area (Å²) in [4.78, 5) is 0. The van der Waals surface area contributed by atoms with Crippen molar-refractivity contribution in [3.05, 3.63) is 34.9 Å². The van der Waals surface area contributed by atoms with Crippen LogP contribution in [-0.4, -0.2) is 11.0 Å². The first-order valence-electron chi connectivity index (χ1n) is 7.50. The summed E-state index contributed by atoms with van der Waals surface area (Å²) in [6, 6.07) is 6.82. The van der Waals surface area contributed by atoms with Crippen LogP contribution in [0.15, 0.2) is 18.2 Å². The first kappa shape index (κ1) is 14.9. The Kier molecular flexibility index (Phi) is 5.35. The topological polar surface area (TPSA) is 26.0 Å². The molecule has 0 radical (unpaired) electrons. The Morgan fingerprint density at radius 3 is 2.74 bits per heavy atom. The third-order valence-electron chi connectivity index (χ3n) is 4.36. The van der Waals surface area contributed by atoms with Crippen molar-refractivity contribution < 1.29 is 0 Å². The molecular formula is C17H27NS. The molecule has 1 nitrogen and oxygen atoms in total. The van der Waals surface area contributed by atoms with Gasteiger partial charge >= 0.3 is 0 Å². The lowest BCUT2D eigenvalue weighted by Crippen LogP contribution is -2.19. The van der Waals surface area contributed by atoms with E-state index in [2.05, 4.69) is 50.7 Å². The van der Waals surface area contributed by atoms with E-state index in [9.17, 15) is 0 Å². The summed E-state index contributed by atoms with van der Waals surface area (Å²) in [7, 11) is 0. The van der Waals surface area contributed by atoms with Crippen molar-refractivity contribution in [3.63, 3.8) is 0 Å². The Hall–Kier alpha value is -0.470. The van der Waals surface area contributed by atoms with Gasteiger partial charge in [0.2, 0.25) is 0 Å². The molecule has 1 saturated carbocycles. The predicted octanol–water partition coefficient (Wildman–Crippen LogP) is 4.62. The van der Waals surface area contributed by atoms with Crippen LogP contribution in [-0.2, 0) is 0 Å². The summed E-state index contributed by atoms with van der Waals surface area (Å²) < 4.78 is 0. The molecule has 0 saturated heterocycles. The fraction of sp³-hybridized carbons (Fsp3) is 0.647. The lowest BCUT2D eigenvalue weighted by atomic mass is 9.91. The number of benzene rings is 1. The van der Waals surface area contributed by atoms with Crippen LogP contribution in [0.4, 0.5) is 0 Å². The van der Waals surface area contributed by atoms with Gasteiger partial charge < -0.3 is 5.73 Å². The lowest BCUT2D eigenvalue weighted by molar-refractivity contribution is 0.394. The first-order valence-corrected chi connectivity index (χ1v) is 8.55. The molecule has 2 heteroatoms. The molecule has 1 fully saturated rings. The summed E-state index contributed by atoms with van der Waals surface area (Å²) in [5.74, 6) is 1.96. The molecule has 0 amide bonds. The maximum absolute atomic E-state index is 6.34. The quantitative estimate of drug-likeness (QED) is 0.869. The molecule has 0 aromatic heterocycles. The van der Waals surface area contributed by atoms with Crippen molar-refractivity contribution in [2.45, 2.75) is 57.7 Å². The second-order valence-electron chi connectivity index (χ2n) is 6.18. The van der Waals surface area contributed by atoms with Gasteiger partial charge in [-0.05, 0) is 49.3 Å². The van der Waals surface area contributed by atoms with Gasteiger partial charge in [0.1, 0.15) is 0 Å². The zero-order valence-electron chi connectivity index (χ0n) is 12.5. The molecule has 1 aliphatic rings. The van der Waals surface area contributed by atoms with Crippen LogP contribution in [0.5, 0.6) is 0 Å². The van der Waals surface area contributed by atoms with Crippen molar-refractivity contribution in [3.8, 4) is 0 Å². The van der Waals surface area contributed by atoms with E-state index in [-0.39, 0.29) is 6.04 Å². The minimum Gasteiger partial charge on any atom is -0.323 e. The van der Waals surface area contributed by atoms with E-state index in [0.29, 0.717) is 0 Å². The highest BCUT2D eigenvalue weighted by Crippen LogP contribution is 2.33. The summed E-state index contributed by atoms with van der Waals surface area (Å²) in [5.41, 5.74) is 10.3. The van der Waals surface area contributed by atoms with Gasteiger partial charge in [-0.15, -0.1) is 0 Å². The average molecular weight is 277 g/mol. The van der Waals surface area contributed by atoms with Crippen LogP contribution in [0.25, 0.3) is 0 Å². The minimum atomic E-state index is 0.182. The van der Waals surface area contributed by atoms with Crippen LogP contribution in [0.2, 0.25) is 0 Å². The van der Waals surface area contributed by atoms with E-state index in [1.54, 1.807) is 0 Å². The molecule has 2 N–H and O–H groups in total. The first-order chi connectivity index (χ1) is 9.06. The number of rotatable bonds is 4. The highest BCUT2D eigenvalue weighted by molar-refractivity contribution is 7.99. The zero-order valence-corrected chi connectivity index (χ0v) is 13.3. The summed E-state index contributed by atoms with van der Waals surface area (Å²) in [6.07, 6.45) is 5.58. The summed E-state index contributed by atoms with van der Waals surface area (Å²) in [5, 5.41) is 0.835. The Morgan fingerprint density at radius 2 is 2.05 bits per heavy atom. The number of hydrogen-bond acceptors (Lipinski definition) is 2. The molecule has 106 valence electrons. The monoisotopic (exact) mass is 277 g/mol. The van der Waals surface area contributed by atoms with Crippen molar-refractivity contribution in [1.29, 1.82) is 0 Å². The Balaban J connectivity index is 1.86. The van der Waals surface area contributed by atoms with E-state index in [4.69, 9.17) is 5.73 Å². The smallest absolute Gasteiger partial charge is 0.0386 e. The van der Waals surface area contributed by atoms with E-state index < -0.39 is 0 Å². The van der Waals surface area contributed by atoms with Crippen LogP contribution >= 0.6 is 11.8 Å². The second-order valence-corrected chi connectivity index (χ2v) is 7.51. The Labute approximate surface area is 122 Å². The molecule has 0 heterocycles. The third kappa shape index (κ3) is 4.25. The van der Waals surface area contributed by atoms with Gasteiger partial charge in [0.25, 0.3) is 0 Å². The van der Waals surface area contributed by atoms with Crippen LogP contribution in [0, 0.1) is 19.8 Å². The van der Waals surface area contributed by atoms with Crippen LogP contribution in [0.3, 0.4) is 0 Å². The standard InChI is InChI=1S/C17H27NS/c1-12-5-4-6-16(9-12)19-11-17(18)15-8-7-13(2)14(3)10-15/h7-8,10,12,16-17H,4-6,9,11,18H2,1-3H3. The normalized spacial score (nSPS) is 25.3. The van der Waals surface area contributed by atoms with Crippen LogP contribution in [0.1, 0.15) is 55.3 Å². The summed E-state index contributed by atoms with van der Waals surface area (Å²) >= 11 is 2.09. The predicted molar refractivity (Wildman–Crippen MR) is 86.7 cm³/mol. The van der Waals surface area contributed by atoms with E-state index >= 15 is 0 Å². The molecule has 0 bridgehead atoms. The Morgan fingerprint density at radius 1 is 1.26 bits per heavy atom. The van der Waals surface area contributed by atoms with Gasteiger partial charge in [0.05, 0.1) is 0 Å². The van der Waals surface area contributed by atoms with Gasteiger partial charge in [-0.25, -0.2) is 0 Å². The molecular weight excluding hydrogens is 250 g/mol. The van der Waals surface area contributed by atoms with Crippen molar-refractivity contribution in [1.82, 2.24) is 0 Å². The maximum atomic E-state index is 6.34. The second kappa shape index (κ2) is 6.81. The molecule has 2 rings (SSSR count). The van der Waals surface area contributed by atoms with Gasteiger partial charge in [0, 0.05) is 17.0 Å². The minimum absolute atomic E-state index is 0.182. The fourth-order valence-corrected chi connectivity index (χ4v) is 4.33. The maximum Gasteiger partial charge on any atom is 0.0386 e. The fourth-order valence-electron chi connectivity index (χ4n) is 2.86. The zero-order chi connectivity index (χ0) is 13.8. The highest BCUT2D eigenvalue weighted by atomic mass is 32.2. The van der Waals surface area contributed by atoms with Gasteiger partial charge in [-0.1, -0.05) is 38.0 Å².